The summed E-state index contributed by atoms with van der Waals surface area (Å²) in [6.45, 7) is 5.92. The van der Waals surface area contributed by atoms with E-state index >= 15 is 0 Å². The van der Waals surface area contributed by atoms with Crippen molar-refractivity contribution >= 4 is 34.2 Å². The molecule has 1 aromatic rings. The van der Waals surface area contributed by atoms with E-state index in [9.17, 15) is 9.90 Å². The Kier molecular flexibility index (Phi) is 6.06. The van der Waals surface area contributed by atoms with E-state index in [-0.39, 0.29) is 11.9 Å². The molecule has 1 heterocycles. The van der Waals surface area contributed by atoms with Gasteiger partial charge in [-0.25, -0.2) is 0 Å². The molecule has 0 aliphatic carbocycles. The van der Waals surface area contributed by atoms with Gasteiger partial charge in [0, 0.05) is 11.8 Å². The number of carbonyl (C=O) groups is 1. The highest BCUT2D eigenvalue weighted by Crippen LogP contribution is 2.33. The number of amides is 1. The topological polar surface area (TPSA) is 49.8 Å². The minimum Gasteiger partial charge on any atom is -0.497 e. The Morgan fingerprint density at radius 2 is 1.96 bits per heavy atom. The maximum atomic E-state index is 12.8. The molecule has 3 atom stereocenters. The lowest BCUT2D eigenvalue weighted by atomic mass is 9.94. The lowest BCUT2D eigenvalue weighted by Gasteiger charge is -2.30. The third kappa shape index (κ3) is 3.87. The Hall–Kier alpha value is -1.11. The minimum absolute atomic E-state index is 0.102. The largest absolute Gasteiger partial charge is 0.497 e. The highest BCUT2D eigenvalue weighted by atomic mass is 32.2. The zero-order chi connectivity index (χ0) is 17.1. The summed E-state index contributed by atoms with van der Waals surface area (Å²) in [4.78, 5) is 14.5. The first-order valence-corrected chi connectivity index (χ1v) is 9.08. The van der Waals surface area contributed by atoms with Gasteiger partial charge in [0.25, 0.3) is 0 Å². The van der Waals surface area contributed by atoms with E-state index in [0.29, 0.717) is 15.8 Å². The molecule has 4 nitrogen and oxygen atoms in total. The second kappa shape index (κ2) is 7.64. The van der Waals surface area contributed by atoms with Crippen LogP contribution in [0.5, 0.6) is 5.75 Å². The summed E-state index contributed by atoms with van der Waals surface area (Å²) < 4.78 is 5.73. The van der Waals surface area contributed by atoms with Crippen LogP contribution in [0.15, 0.2) is 24.3 Å². The lowest BCUT2D eigenvalue weighted by Crippen LogP contribution is -2.45. The van der Waals surface area contributed by atoms with Crippen molar-refractivity contribution in [1.29, 1.82) is 0 Å². The maximum absolute atomic E-state index is 12.8. The van der Waals surface area contributed by atoms with Gasteiger partial charge in [-0.1, -0.05) is 56.9 Å². The maximum Gasteiger partial charge on any atom is 0.234 e. The summed E-state index contributed by atoms with van der Waals surface area (Å²) in [6, 6.07) is 7.23. The molecule has 1 fully saturated rings. The molecule has 1 amide bonds. The minimum atomic E-state index is -0.866. The quantitative estimate of drug-likeness (QED) is 0.824. The highest BCUT2D eigenvalue weighted by molar-refractivity contribution is 8.23. The van der Waals surface area contributed by atoms with Crippen molar-refractivity contribution in [3.05, 3.63) is 29.8 Å². The van der Waals surface area contributed by atoms with Gasteiger partial charge in [0.05, 0.1) is 19.1 Å². The van der Waals surface area contributed by atoms with Gasteiger partial charge in [0.2, 0.25) is 5.91 Å². The molecule has 23 heavy (non-hydrogen) atoms. The molecule has 1 N–H and O–H groups in total. The number of rotatable bonds is 5. The Balaban J connectivity index is 2.15. The predicted molar refractivity (Wildman–Crippen MR) is 97.6 cm³/mol. The number of aliphatic hydroxyl groups is 1. The normalized spacial score (nSPS) is 20.7. The number of methoxy groups -OCH3 is 1. The zero-order valence-electron chi connectivity index (χ0n) is 13.9. The smallest absolute Gasteiger partial charge is 0.234 e. The van der Waals surface area contributed by atoms with E-state index < -0.39 is 12.0 Å². The number of aliphatic hydroxyl groups excluding tert-OH is 1. The summed E-state index contributed by atoms with van der Waals surface area (Å²) in [7, 11) is 1.59. The molecule has 1 aliphatic rings. The van der Waals surface area contributed by atoms with Gasteiger partial charge >= 0.3 is 0 Å². The van der Waals surface area contributed by atoms with E-state index in [4.69, 9.17) is 17.0 Å². The molecule has 126 valence electrons. The fourth-order valence-corrected chi connectivity index (χ4v) is 4.27. The monoisotopic (exact) mass is 353 g/mol. The molecular formula is C17H23NO3S2. The number of carbonyl (C=O) groups excluding carboxylic acids is 1. The summed E-state index contributed by atoms with van der Waals surface area (Å²) >= 11 is 6.88. The van der Waals surface area contributed by atoms with Crippen LogP contribution < -0.4 is 4.74 Å². The van der Waals surface area contributed by atoms with Crippen LogP contribution in [0.3, 0.4) is 0 Å². The molecule has 0 unspecified atom stereocenters. The average molecular weight is 354 g/mol. The van der Waals surface area contributed by atoms with Crippen LogP contribution in [-0.4, -0.2) is 39.1 Å². The van der Waals surface area contributed by atoms with E-state index in [0.717, 1.165) is 11.5 Å². The van der Waals surface area contributed by atoms with Gasteiger partial charge in [0.15, 0.2) is 0 Å². The number of hydrogen-bond donors (Lipinski definition) is 1. The Labute approximate surface area is 147 Å². The van der Waals surface area contributed by atoms with Crippen molar-refractivity contribution in [1.82, 2.24) is 4.90 Å². The second-order valence-corrected chi connectivity index (χ2v) is 7.76. The molecule has 1 saturated heterocycles. The van der Waals surface area contributed by atoms with Crippen LogP contribution in [0.4, 0.5) is 0 Å². The van der Waals surface area contributed by atoms with Crippen LogP contribution in [0, 0.1) is 11.8 Å². The van der Waals surface area contributed by atoms with Crippen LogP contribution in [0.2, 0.25) is 0 Å². The molecule has 1 aromatic carbocycles. The summed E-state index contributed by atoms with van der Waals surface area (Å²) in [5.41, 5.74) is 0.700. The lowest BCUT2D eigenvalue weighted by molar-refractivity contribution is -0.136. The van der Waals surface area contributed by atoms with Crippen LogP contribution in [0.1, 0.15) is 32.4 Å². The molecule has 6 heteroatoms. The fraction of sp³-hybridized carbons (Fsp3) is 0.529. The van der Waals surface area contributed by atoms with Crippen LogP contribution in [0.25, 0.3) is 0 Å². The zero-order valence-corrected chi connectivity index (χ0v) is 15.5. The van der Waals surface area contributed by atoms with E-state index in [1.165, 1.54) is 11.8 Å². The van der Waals surface area contributed by atoms with Gasteiger partial charge in [-0.05, 0) is 23.6 Å². The van der Waals surface area contributed by atoms with Crippen molar-refractivity contribution in [3.8, 4) is 5.75 Å². The Morgan fingerprint density at radius 3 is 2.48 bits per heavy atom. The van der Waals surface area contributed by atoms with E-state index in [1.807, 2.05) is 0 Å². The average Bonchev–Trinajstić information content (AvgIpc) is 2.94. The first-order chi connectivity index (χ1) is 10.9. The Bertz CT molecular complexity index is 574. The third-order valence-electron chi connectivity index (χ3n) is 4.23. The summed E-state index contributed by atoms with van der Waals surface area (Å²) in [6.07, 6.45) is -0.866. The van der Waals surface area contributed by atoms with Crippen LogP contribution in [-0.2, 0) is 4.79 Å². The van der Waals surface area contributed by atoms with Crippen molar-refractivity contribution in [3.63, 3.8) is 0 Å². The van der Waals surface area contributed by atoms with Gasteiger partial charge in [-0.3, -0.25) is 9.69 Å². The van der Waals surface area contributed by atoms with Crippen molar-refractivity contribution in [2.45, 2.75) is 32.9 Å². The highest BCUT2D eigenvalue weighted by Gasteiger charge is 2.39. The SMILES string of the molecule is COc1ccc([C@@H](O)[C@H](C)C(=O)N2C(=S)SC[C@@H]2C(C)C)cc1. The molecule has 0 radical (unpaired) electrons. The van der Waals surface area contributed by atoms with Crippen molar-refractivity contribution < 1.29 is 14.6 Å². The molecule has 0 bridgehead atoms. The van der Waals surface area contributed by atoms with Gasteiger partial charge in [-0.2, -0.15) is 0 Å². The van der Waals surface area contributed by atoms with Crippen LogP contribution >= 0.6 is 24.0 Å². The standard InChI is InChI=1S/C17H23NO3S2/c1-10(2)14-9-23-17(22)18(14)16(20)11(3)15(19)12-5-7-13(21-4)8-6-12/h5-8,10-11,14-15,19H,9H2,1-4H3/t11-,14+,15-/m0/s1. The molecule has 0 spiro atoms. The van der Waals surface area contributed by atoms with Gasteiger partial charge < -0.3 is 9.84 Å². The van der Waals surface area contributed by atoms with E-state index in [2.05, 4.69) is 13.8 Å². The van der Waals surface area contributed by atoms with Gasteiger partial charge in [0.1, 0.15) is 10.1 Å². The number of ether oxygens (including phenoxy) is 1. The predicted octanol–water partition coefficient (Wildman–Crippen LogP) is 3.25. The molecule has 2 rings (SSSR count). The second-order valence-electron chi connectivity index (χ2n) is 6.10. The number of thiocarbonyl (C=S) groups is 1. The number of thioether (sulfide) groups is 1. The van der Waals surface area contributed by atoms with E-state index in [1.54, 1.807) is 43.2 Å². The molecule has 1 aliphatic heterocycles. The first-order valence-electron chi connectivity index (χ1n) is 7.68. The number of benzene rings is 1. The van der Waals surface area contributed by atoms with Gasteiger partial charge in [-0.15, -0.1) is 0 Å². The fourth-order valence-electron chi connectivity index (χ4n) is 2.62. The Morgan fingerprint density at radius 1 is 1.35 bits per heavy atom. The van der Waals surface area contributed by atoms with Crippen molar-refractivity contribution in [2.24, 2.45) is 11.8 Å². The number of hydrogen-bond acceptors (Lipinski definition) is 5. The summed E-state index contributed by atoms with van der Waals surface area (Å²) in [5, 5.41) is 10.6. The molecule has 0 saturated carbocycles. The molecular weight excluding hydrogens is 330 g/mol. The summed E-state index contributed by atoms with van der Waals surface area (Å²) in [5.74, 6) is 1.21. The first kappa shape index (κ1) is 18.2. The third-order valence-corrected chi connectivity index (χ3v) is 5.74. The molecule has 0 aromatic heterocycles. The number of nitrogens with zero attached hydrogens (tertiary/aromatic N) is 1. The van der Waals surface area contributed by atoms with Crippen molar-refractivity contribution in [2.75, 3.05) is 12.9 Å².